The molecule has 3 nitrogen and oxygen atoms in total. The van der Waals surface area contributed by atoms with E-state index >= 15 is 0 Å². The van der Waals surface area contributed by atoms with Crippen molar-refractivity contribution in [2.75, 3.05) is 12.3 Å². The fourth-order valence-corrected chi connectivity index (χ4v) is 5.50. The Hall–Kier alpha value is -0.460. The highest BCUT2D eigenvalue weighted by molar-refractivity contribution is 9.10. The van der Waals surface area contributed by atoms with Crippen LogP contribution in [0, 0.1) is 5.82 Å². The van der Waals surface area contributed by atoms with Gasteiger partial charge in [-0.05, 0) is 49.6 Å². The van der Waals surface area contributed by atoms with Crippen LogP contribution in [0.4, 0.5) is 4.39 Å². The van der Waals surface area contributed by atoms with E-state index in [2.05, 4.69) is 21.2 Å². The smallest absolute Gasteiger partial charge is 0.154 e. The van der Waals surface area contributed by atoms with Crippen LogP contribution >= 0.6 is 15.9 Å². The average molecular weight is 378 g/mol. The van der Waals surface area contributed by atoms with E-state index in [9.17, 15) is 12.8 Å². The lowest BCUT2D eigenvalue weighted by molar-refractivity contribution is 0.440. The Balaban J connectivity index is 2.24. The van der Waals surface area contributed by atoms with Gasteiger partial charge in [-0.3, -0.25) is 0 Å². The molecule has 1 N–H and O–H groups in total. The van der Waals surface area contributed by atoms with Gasteiger partial charge in [0.15, 0.2) is 9.84 Å². The summed E-state index contributed by atoms with van der Waals surface area (Å²) in [5, 5.41) is 2.91. The maximum Gasteiger partial charge on any atom is 0.154 e. The first-order valence-corrected chi connectivity index (χ1v) is 9.83. The van der Waals surface area contributed by atoms with E-state index in [4.69, 9.17) is 0 Å². The van der Waals surface area contributed by atoms with Gasteiger partial charge >= 0.3 is 0 Å². The van der Waals surface area contributed by atoms with Crippen molar-refractivity contribution in [2.24, 2.45) is 0 Å². The van der Waals surface area contributed by atoms with Crippen molar-refractivity contribution in [3.05, 3.63) is 34.1 Å². The summed E-state index contributed by atoms with van der Waals surface area (Å²) >= 11 is 3.42. The molecule has 1 aromatic carbocycles. The Morgan fingerprint density at radius 1 is 1.43 bits per heavy atom. The molecule has 0 saturated carbocycles. The zero-order valence-electron chi connectivity index (χ0n) is 12.1. The van der Waals surface area contributed by atoms with Crippen LogP contribution in [-0.4, -0.2) is 32.0 Å². The van der Waals surface area contributed by atoms with E-state index in [0.717, 1.165) is 22.9 Å². The molecule has 1 aliphatic heterocycles. The quantitative estimate of drug-likeness (QED) is 0.857. The molecule has 2 unspecified atom stereocenters. The van der Waals surface area contributed by atoms with Gasteiger partial charge in [0.2, 0.25) is 0 Å². The van der Waals surface area contributed by atoms with E-state index in [-0.39, 0.29) is 22.9 Å². The van der Waals surface area contributed by atoms with Crippen LogP contribution in [0.3, 0.4) is 0 Å². The molecule has 1 saturated heterocycles. The van der Waals surface area contributed by atoms with Crippen LogP contribution in [0.2, 0.25) is 0 Å². The van der Waals surface area contributed by atoms with Gasteiger partial charge in [0, 0.05) is 10.5 Å². The summed E-state index contributed by atoms with van der Waals surface area (Å²) in [6, 6.07) is 4.37. The van der Waals surface area contributed by atoms with Crippen LogP contribution in [0.15, 0.2) is 22.7 Å². The van der Waals surface area contributed by atoms with Gasteiger partial charge in [0.05, 0.1) is 11.0 Å². The molecule has 1 aliphatic rings. The zero-order valence-corrected chi connectivity index (χ0v) is 14.5. The minimum absolute atomic E-state index is 0.168. The number of sulfone groups is 1. The van der Waals surface area contributed by atoms with Crippen LogP contribution < -0.4 is 5.32 Å². The van der Waals surface area contributed by atoms with Gasteiger partial charge in [-0.15, -0.1) is 0 Å². The van der Waals surface area contributed by atoms with Crippen molar-refractivity contribution in [2.45, 2.75) is 43.9 Å². The highest BCUT2D eigenvalue weighted by Crippen LogP contribution is 2.26. The number of rotatable bonds is 5. The topological polar surface area (TPSA) is 46.2 Å². The molecule has 0 bridgehead atoms. The van der Waals surface area contributed by atoms with Gasteiger partial charge in [-0.2, -0.15) is 0 Å². The predicted molar refractivity (Wildman–Crippen MR) is 86.7 cm³/mol. The van der Waals surface area contributed by atoms with E-state index in [1.807, 2.05) is 6.92 Å². The summed E-state index contributed by atoms with van der Waals surface area (Å²) in [5.74, 6) is -0.0286. The maximum atomic E-state index is 13.4. The maximum absolute atomic E-state index is 13.4. The molecule has 0 spiro atoms. The summed E-state index contributed by atoms with van der Waals surface area (Å²) < 4.78 is 38.9. The van der Waals surface area contributed by atoms with Crippen molar-refractivity contribution in [3.8, 4) is 0 Å². The van der Waals surface area contributed by atoms with Gasteiger partial charge in [0.25, 0.3) is 0 Å². The molecule has 0 aromatic heterocycles. The van der Waals surface area contributed by atoms with Crippen LogP contribution in [0.25, 0.3) is 0 Å². The zero-order chi connectivity index (χ0) is 15.5. The highest BCUT2D eigenvalue weighted by Gasteiger charge is 2.35. The number of hydrogen-bond acceptors (Lipinski definition) is 3. The standard InChI is InChI=1S/C15H21BrFNO2S/c1-2-18-14(15-5-3-4-8-21(15,19)20)10-11-9-12(17)6-7-13(11)16/h6-7,9,14-15,18H,2-5,8,10H2,1H3. The number of hydrogen-bond donors (Lipinski definition) is 1. The Bertz CT molecular complexity index is 591. The molecular formula is C15H21BrFNO2S. The first-order chi connectivity index (χ1) is 9.94. The van der Waals surface area contributed by atoms with E-state index in [1.54, 1.807) is 6.07 Å². The number of halogens is 2. The minimum atomic E-state index is -3.06. The molecule has 0 aliphatic carbocycles. The van der Waals surface area contributed by atoms with Crippen molar-refractivity contribution < 1.29 is 12.8 Å². The molecule has 2 rings (SSSR count). The third-order valence-corrected chi connectivity index (χ3v) is 7.11. The second kappa shape index (κ2) is 7.20. The Labute approximate surface area is 134 Å². The Kier molecular flexibility index (Phi) is 5.80. The fourth-order valence-electron chi connectivity index (χ4n) is 2.97. The molecule has 6 heteroatoms. The lowest BCUT2D eigenvalue weighted by Crippen LogP contribution is -2.47. The molecular weight excluding hydrogens is 357 g/mol. The summed E-state index contributed by atoms with van der Waals surface area (Å²) in [7, 11) is -3.06. The second-order valence-electron chi connectivity index (χ2n) is 5.51. The number of nitrogens with one attached hydrogen (secondary N) is 1. The highest BCUT2D eigenvalue weighted by atomic mass is 79.9. The molecule has 2 atom stereocenters. The summed E-state index contributed by atoms with van der Waals surface area (Å²) in [4.78, 5) is 0. The number of benzene rings is 1. The molecule has 1 aromatic rings. The largest absolute Gasteiger partial charge is 0.313 e. The minimum Gasteiger partial charge on any atom is -0.313 e. The SMILES string of the molecule is CCNC(Cc1cc(F)ccc1Br)C1CCCCS1(=O)=O. The predicted octanol–water partition coefficient (Wildman–Crippen LogP) is 3.08. The van der Waals surface area contributed by atoms with E-state index in [1.165, 1.54) is 12.1 Å². The molecule has 21 heavy (non-hydrogen) atoms. The molecule has 1 heterocycles. The first kappa shape index (κ1) is 16.9. The van der Waals surface area contributed by atoms with Gasteiger partial charge < -0.3 is 5.32 Å². The number of likely N-dealkylation sites (N-methyl/N-ethyl adjacent to an activating group) is 1. The Morgan fingerprint density at radius 2 is 2.19 bits per heavy atom. The van der Waals surface area contributed by atoms with Crippen molar-refractivity contribution in [1.29, 1.82) is 0 Å². The van der Waals surface area contributed by atoms with Crippen molar-refractivity contribution in [3.63, 3.8) is 0 Å². The summed E-state index contributed by atoms with van der Waals surface area (Å²) in [5.41, 5.74) is 0.807. The fraction of sp³-hybridized carbons (Fsp3) is 0.600. The van der Waals surface area contributed by atoms with Crippen LogP contribution in [0.5, 0.6) is 0 Å². The van der Waals surface area contributed by atoms with Gasteiger partial charge in [-0.1, -0.05) is 29.3 Å². The third-order valence-electron chi connectivity index (χ3n) is 3.99. The summed E-state index contributed by atoms with van der Waals surface area (Å²) in [6.07, 6.45) is 2.89. The molecule has 0 radical (unpaired) electrons. The second-order valence-corrected chi connectivity index (χ2v) is 8.70. The van der Waals surface area contributed by atoms with Crippen LogP contribution in [0.1, 0.15) is 31.7 Å². The lowest BCUT2D eigenvalue weighted by atomic mass is 9.99. The molecule has 118 valence electrons. The van der Waals surface area contributed by atoms with E-state index < -0.39 is 9.84 Å². The summed E-state index contributed by atoms with van der Waals surface area (Å²) in [6.45, 7) is 2.66. The van der Waals surface area contributed by atoms with Crippen molar-refractivity contribution >= 4 is 25.8 Å². The Morgan fingerprint density at radius 3 is 2.86 bits per heavy atom. The van der Waals surface area contributed by atoms with E-state index in [0.29, 0.717) is 19.4 Å². The monoisotopic (exact) mass is 377 g/mol. The molecule has 1 fully saturated rings. The van der Waals surface area contributed by atoms with Crippen molar-refractivity contribution in [1.82, 2.24) is 5.32 Å². The average Bonchev–Trinajstić information content (AvgIpc) is 2.42. The lowest BCUT2D eigenvalue weighted by Gasteiger charge is -2.31. The normalized spacial score (nSPS) is 22.9. The van der Waals surface area contributed by atoms with Gasteiger partial charge in [0.1, 0.15) is 5.82 Å². The van der Waals surface area contributed by atoms with Gasteiger partial charge in [-0.25, -0.2) is 12.8 Å². The molecule has 0 amide bonds. The van der Waals surface area contributed by atoms with Crippen LogP contribution in [-0.2, 0) is 16.3 Å². The first-order valence-electron chi connectivity index (χ1n) is 7.33. The third kappa shape index (κ3) is 4.27.